The van der Waals surface area contributed by atoms with E-state index < -0.39 is 0 Å². The van der Waals surface area contributed by atoms with Crippen molar-refractivity contribution >= 4 is 0 Å². The average Bonchev–Trinajstić information content (AvgIpc) is 2.36. The molecule has 1 fully saturated rings. The van der Waals surface area contributed by atoms with E-state index in [1.807, 2.05) is 0 Å². The first-order valence-corrected chi connectivity index (χ1v) is 7.18. The van der Waals surface area contributed by atoms with Gasteiger partial charge in [0.2, 0.25) is 0 Å². The minimum Gasteiger partial charge on any atom is -0.376 e. The van der Waals surface area contributed by atoms with E-state index in [1.165, 1.54) is 11.1 Å². The summed E-state index contributed by atoms with van der Waals surface area (Å²) >= 11 is 0. The smallest absolute Gasteiger partial charge is 0.0675 e. The normalized spacial score (nSPS) is 28.1. The van der Waals surface area contributed by atoms with Gasteiger partial charge in [-0.15, -0.1) is 0 Å². The number of morpholine rings is 1. The first-order chi connectivity index (χ1) is 8.99. The fourth-order valence-electron chi connectivity index (χ4n) is 2.88. The van der Waals surface area contributed by atoms with E-state index in [-0.39, 0.29) is 18.2 Å². The first kappa shape index (κ1) is 14.5. The number of rotatable bonds is 3. The van der Waals surface area contributed by atoms with Gasteiger partial charge in [0.15, 0.2) is 0 Å². The molecule has 1 aliphatic rings. The summed E-state index contributed by atoms with van der Waals surface area (Å²) < 4.78 is 5.72. The Balaban J connectivity index is 2.26. The Bertz CT molecular complexity index is 402. The molecule has 0 amide bonds. The van der Waals surface area contributed by atoms with Gasteiger partial charge in [-0.3, -0.25) is 4.90 Å². The van der Waals surface area contributed by atoms with Crippen LogP contribution in [0.1, 0.15) is 37.9 Å². The monoisotopic (exact) mass is 262 g/mol. The predicted octanol–water partition coefficient (Wildman–Crippen LogP) is 2.49. The quantitative estimate of drug-likeness (QED) is 0.909. The summed E-state index contributed by atoms with van der Waals surface area (Å²) in [6.07, 6.45) is 0.280. The van der Waals surface area contributed by atoms with Crippen LogP contribution in [0, 0.1) is 6.92 Å². The number of hydrogen-bond donors (Lipinski definition) is 1. The predicted molar refractivity (Wildman–Crippen MR) is 79.2 cm³/mol. The second kappa shape index (κ2) is 6.04. The Morgan fingerprint density at radius 3 is 2.47 bits per heavy atom. The van der Waals surface area contributed by atoms with Gasteiger partial charge in [0.05, 0.1) is 18.8 Å². The van der Waals surface area contributed by atoms with Gasteiger partial charge in [0.1, 0.15) is 0 Å². The molecule has 3 heteroatoms. The van der Waals surface area contributed by atoms with Crippen LogP contribution >= 0.6 is 0 Å². The molecule has 0 spiro atoms. The van der Waals surface area contributed by atoms with Crippen LogP contribution in [0.3, 0.4) is 0 Å². The highest BCUT2D eigenvalue weighted by Crippen LogP contribution is 2.28. The van der Waals surface area contributed by atoms with Crippen LogP contribution in [0.25, 0.3) is 0 Å². The molecule has 3 nitrogen and oxygen atoms in total. The Morgan fingerprint density at radius 2 is 1.89 bits per heavy atom. The van der Waals surface area contributed by atoms with Gasteiger partial charge in [0, 0.05) is 18.6 Å². The Labute approximate surface area is 116 Å². The second-order valence-electron chi connectivity index (χ2n) is 5.90. The minimum absolute atomic E-state index is 0.107. The van der Waals surface area contributed by atoms with E-state index >= 15 is 0 Å². The molecule has 1 saturated heterocycles. The lowest BCUT2D eigenvalue weighted by Crippen LogP contribution is -2.52. The number of hydrogen-bond acceptors (Lipinski definition) is 3. The standard InChI is InChI=1S/C16H26N2O/c1-11-5-7-15(8-6-11)16(14(4)17)18-9-13(3)19-10-12(18)2/h5-8,12-14,16H,9-10,17H2,1-4H3. The fourth-order valence-corrected chi connectivity index (χ4v) is 2.88. The highest BCUT2D eigenvalue weighted by atomic mass is 16.5. The summed E-state index contributed by atoms with van der Waals surface area (Å²) in [5.74, 6) is 0. The summed E-state index contributed by atoms with van der Waals surface area (Å²) in [7, 11) is 0. The number of aryl methyl sites for hydroxylation is 1. The lowest BCUT2D eigenvalue weighted by molar-refractivity contribution is -0.0697. The van der Waals surface area contributed by atoms with Gasteiger partial charge < -0.3 is 10.5 Å². The Kier molecular flexibility index (Phi) is 4.61. The van der Waals surface area contributed by atoms with Gasteiger partial charge in [-0.05, 0) is 33.3 Å². The van der Waals surface area contributed by atoms with Gasteiger partial charge in [-0.1, -0.05) is 29.8 Å². The lowest BCUT2D eigenvalue weighted by atomic mass is 9.96. The number of benzene rings is 1. The maximum atomic E-state index is 6.26. The van der Waals surface area contributed by atoms with Crippen LogP contribution in [-0.2, 0) is 4.74 Å². The second-order valence-corrected chi connectivity index (χ2v) is 5.90. The van der Waals surface area contributed by atoms with E-state index in [0.29, 0.717) is 6.04 Å². The molecule has 19 heavy (non-hydrogen) atoms. The molecule has 2 rings (SSSR count). The molecule has 1 heterocycles. The zero-order valence-electron chi connectivity index (χ0n) is 12.5. The lowest BCUT2D eigenvalue weighted by Gasteiger charge is -2.43. The van der Waals surface area contributed by atoms with Gasteiger partial charge in [0.25, 0.3) is 0 Å². The van der Waals surface area contributed by atoms with E-state index in [2.05, 4.69) is 56.9 Å². The minimum atomic E-state index is 0.107. The van der Waals surface area contributed by atoms with Crippen molar-refractivity contribution in [2.75, 3.05) is 13.2 Å². The van der Waals surface area contributed by atoms with Crippen molar-refractivity contribution in [2.45, 2.75) is 51.9 Å². The van der Waals surface area contributed by atoms with Crippen LogP contribution in [-0.4, -0.2) is 36.2 Å². The highest BCUT2D eigenvalue weighted by molar-refractivity contribution is 5.25. The first-order valence-electron chi connectivity index (χ1n) is 7.18. The SMILES string of the molecule is Cc1ccc(C(C(C)N)N2CC(C)OCC2C)cc1. The van der Waals surface area contributed by atoms with E-state index in [0.717, 1.165) is 13.2 Å². The number of ether oxygens (including phenoxy) is 1. The summed E-state index contributed by atoms with van der Waals surface area (Å²) in [6, 6.07) is 9.52. The third kappa shape index (κ3) is 3.35. The van der Waals surface area contributed by atoms with Crippen LogP contribution in [0.15, 0.2) is 24.3 Å². The molecule has 4 atom stereocenters. The van der Waals surface area contributed by atoms with Crippen molar-refractivity contribution in [3.63, 3.8) is 0 Å². The molecule has 1 aromatic carbocycles. The third-order valence-corrected chi connectivity index (χ3v) is 3.93. The van der Waals surface area contributed by atoms with Crippen molar-refractivity contribution in [1.29, 1.82) is 0 Å². The van der Waals surface area contributed by atoms with E-state index in [9.17, 15) is 0 Å². The zero-order valence-corrected chi connectivity index (χ0v) is 12.5. The van der Waals surface area contributed by atoms with Gasteiger partial charge in [-0.2, -0.15) is 0 Å². The van der Waals surface area contributed by atoms with Crippen molar-refractivity contribution in [3.05, 3.63) is 35.4 Å². The van der Waals surface area contributed by atoms with Crippen LogP contribution < -0.4 is 5.73 Å². The van der Waals surface area contributed by atoms with Gasteiger partial charge in [-0.25, -0.2) is 0 Å². The maximum Gasteiger partial charge on any atom is 0.0675 e. The van der Waals surface area contributed by atoms with Crippen LogP contribution in [0.4, 0.5) is 0 Å². The highest BCUT2D eigenvalue weighted by Gasteiger charge is 2.32. The zero-order chi connectivity index (χ0) is 14.0. The van der Waals surface area contributed by atoms with Crippen LogP contribution in [0.2, 0.25) is 0 Å². The van der Waals surface area contributed by atoms with Crippen molar-refractivity contribution in [3.8, 4) is 0 Å². The largest absolute Gasteiger partial charge is 0.376 e. The molecule has 2 N–H and O–H groups in total. The van der Waals surface area contributed by atoms with E-state index in [4.69, 9.17) is 10.5 Å². The molecule has 4 unspecified atom stereocenters. The maximum absolute atomic E-state index is 6.26. The Hall–Kier alpha value is -0.900. The van der Waals surface area contributed by atoms with Crippen molar-refractivity contribution in [2.24, 2.45) is 5.73 Å². The van der Waals surface area contributed by atoms with Crippen molar-refractivity contribution in [1.82, 2.24) is 4.90 Å². The summed E-state index contributed by atoms with van der Waals surface area (Å²) in [6.45, 7) is 10.3. The third-order valence-electron chi connectivity index (χ3n) is 3.93. The fraction of sp³-hybridized carbons (Fsp3) is 0.625. The molecule has 106 valence electrons. The van der Waals surface area contributed by atoms with Crippen molar-refractivity contribution < 1.29 is 4.74 Å². The molecule has 1 aliphatic heterocycles. The molecule has 0 aliphatic carbocycles. The molecule has 1 aromatic rings. The van der Waals surface area contributed by atoms with Crippen LogP contribution in [0.5, 0.6) is 0 Å². The molecular formula is C16H26N2O. The summed E-state index contributed by atoms with van der Waals surface area (Å²) in [4.78, 5) is 2.49. The molecule has 0 bridgehead atoms. The number of nitrogens with zero attached hydrogens (tertiary/aromatic N) is 1. The topological polar surface area (TPSA) is 38.5 Å². The average molecular weight is 262 g/mol. The molecule has 0 saturated carbocycles. The molecule has 0 aromatic heterocycles. The molecular weight excluding hydrogens is 236 g/mol. The summed E-state index contributed by atoms with van der Waals surface area (Å²) in [5.41, 5.74) is 8.86. The van der Waals surface area contributed by atoms with Gasteiger partial charge >= 0.3 is 0 Å². The number of nitrogens with two attached hydrogens (primary N) is 1. The summed E-state index contributed by atoms with van der Waals surface area (Å²) in [5, 5.41) is 0. The molecule has 0 radical (unpaired) electrons. The van der Waals surface area contributed by atoms with E-state index in [1.54, 1.807) is 0 Å². The Morgan fingerprint density at radius 1 is 1.26 bits per heavy atom.